The zero-order valence-corrected chi connectivity index (χ0v) is 16.5. The fourth-order valence-electron chi connectivity index (χ4n) is 2.76. The Morgan fingerprint density at radius 1 is 0.867 bits per heavy atom. The molecular weight excluding hydrogens is 386 g/mol. The van der Waals surface area contributed by atoms with Crippen LogP contribution >= 0.6 is 0 Å². The first-order valence-electron chi connectivity index (χ1n) is 9.08. The molecule has 0 aliphatic carbocycles. The van der Waals surface area contributed by atoms with E-state index >= 15 is 0 Å². The lowest BCUT2D eigenvalue weighted by Crippen LogP contribution is -2.21. The topological polar surface area (TPSA) is 94.1 Å². The minimum absolute atomic E-state index is 0.185. The van der Waals surface area contributed by atoms with E-state index < -0.39 is 18.5 Å². The van der Waals surface area contributed by atoms with Crippen LogP contribution in [0.1, 0.15) is 10.4 Å². The second-order valence-electron chi connectivity index (χ2n) is 6.31. The van der Waals surface area contributed by atoms with Gasteiger partial charge in [0, 0.05) is 6.07 Å². The molecule has 0 spiro atoms. The molecule has 0 saturated heterocycles. The molecule has 0 aliphatic heterocycles. The lowest BCUT2D eigenvalue weighted by molar-refractivity contribution is -0.119. The number of hydrogen-bond donors (Lipinski definition) is 2. The van der Waals surface area contributed by atoms with Crippen LogP contribution in [-0.2, 0) is 9.53 Å². The van der Waals surface area contributed by atoms with E-state index in [4.69, 9.17) is 14.2 Å². The van der Waals surface area contributed by atoms with Crippen LogP contribution in [0.15, 0.2) is 66.7 Å². The molecule has 0 fully saturated rings. The molecule has 0 radical (unpaired) electrons. The predicted molar refractivity (Wildman–Crippen MR) is 112 cm³/mol. The zero-order valence-electron chi connectivity index (χ0n) is 16.5. The van der Waals surface area contributed by atoms with Gasteiger partial charge in [-0.15, -0.1) is 0 Å². The van der Waals surface area contributed by atoms with Crippen LogP contribution in [-0.4, -0.2) is 37.8 Å². The van der Waals surface area contributed by atoms with Crippen LogP contribution in [0.25, 0.3) is 11.1 Å². The fraction of sp³-hybridized carbons (Fsp3) is 0.130. The minimum atomic E-state index is -0.607. The van der Waals surface area contributed by atoms with Gasteiger partial charge < -0.3 is 24.6 Å². The number of esters is 1. The number of amides is 1. The van der Waals surface area contributed by atoms with E-state index in [0.717, 1.165) is 11.1 Å². The molecule has 0 saturated carbocycles. The number of rotatable bonds is 7. The second kappa shape index (κ2) is 9.47. The summed E-state index contributed by atoms with van der Waals surface area (Å²) in [6.45, 7) is -0.437. The number of carbonyl (C=O) groups excluding carboxylic acids is 2. The molecule has 7 heteroatoms. The fourth-order valence-corrected chi connectivity index (χ4v) is 2.76. The summed E-state index contributed by atoms with van der Waals surface area (Å²) in [4.78, 5) is 24.4. The van der Waals surface area contributed by atoms with Crippen molar-refractivity contribution in [1.29, 1.82) is 0 Å². The number of aromatic hydroxyl groups is 1. The van der Waals surface area contributed by atoms with Gasteiger partial charge in [0.25, 0.3) is 5.91 Å². The maximum atomic E-state index is 12.2. The van der Waals surface area contributed by atoms with Crippen molar-refractivity contribution in [3.63, 3.8) is 0 Å². The van der Waals surface area contributed by atoms with Gasteiger partial charge in [0.05, 0.1) is 25.5 Å². The lowest BCUT2D eigenvalue weighted by Gasteiger charge is -2.12. The summed E-state index contributed by atoms with van der Waals surface area (Å²) in [7, 11) is 3.01. The van der Waals surface area contributed by atoms with E-state index in [1.807, 2.05) is 0 Å². The molecule has 0 heterocycles. The van der Waals surface area contributed by atoms with Crippen molar-refractivity contribution in [1.82, 2.24) is 0 Å². The number of hydrogen-bond acceptors (Lipinski definition) is 6. The van der Waals surface area contributed by atoms with Crippen molar-refractivity contribution >= 4 is 17.6 Å². The number of carbonyl (C=O) groups is 2. The molecule has 30 heavy (non-hydrogen) atoms. The quantitative estimate of drug-likeness (QED) is 0.578. The van der Waals surface area contributed by atoms with Gasteiger partial charge in [-0.3, -0.25) is 4.79 Å². The SMILES string of the molecule is COc1ccc(NC(=O)COC(=O)c2ccc(-c3ccc(O)cc3)cc2)c(OC)c1. The Morgan fingerprint density at radius 2 is 1.50 bits per heavy atom. The number of benzene rings is 3. The molecular formula is C23H21NO6. The van der Waals surface area contributed by atoms with Crippen molar-refractivity contribution < 1.29 is 28.9 Å². The van der Waals surface area contributed by atoms with E-state index in [1.54, 1.807) is 66.7 Å². The van der Waals surface area contributed by atoms with E-state index in [2.05, 4.69) is 5.32 Å². The third-order valence-electron chi connectivity index (χ3n) is 4.34. The third-order valence-corrected chi connectivity index (χ3v) is 4.34. The van der Waals surface area contributed by atoms with E-state index in [-0.39, 0.29) is 5.75 Å². The first-order valence-corrected chi connectivity index (χ1v) is 9.08. The number of methoxy groups -OCH3 is 2. The average molecular weight is 407 g/mol. The Hall–Kier alpha value is -4.00. The lowest BCUT2D eigenvalue weighted by atomic mass is 10.0. The maximum Gasteiger partial charge on any atom is 0.338 e. The number of ether oxygens (including phenoxy) is 3. The summed E-state index contributed by atoms with van der Waals surface area (Å²) < 4.78 is 15.4. The highest BCUT2D eigenvalue weighted by Crippen LogP contribution is 2.29. The van der Waals surface area contributed by atoms with E-state index in [0.29, 0.717) is 22.7 Å². The standard InChI is InChI=1S/C23H21NO6/c1-28-19-11-12-20(21(13-19)29-2)24-22(26)14-30-23(27)17-5-3-15(4-6-17)16-7-9-18(25)10-8-16/h3-13,25H,14H2,1-2H3,(H,24,26). The molecule has 2 N–H and O–H groups in total. The highest BCUT2D eigenvalue weighted by molar-refractivity contribution is 5.96. The first kappa shape index (κ1) is 20.7. The summed E-state index contributed by atoms with van der Waals surface area (Å²) >= 11 is 0. The smallest absolute Gasteiger partial charge is 0.338 e. The van der Waals surface area contributed by atoms with Gasteiger partial charge in [-0.2, -0.15) is 0 Å². The monoisotopic (exact) mass is 407 g/mol. The maximum absolute atomic E-state index is 12.2. The van der Waals surface area contributed by atoms with Crippen LogP contribution in [0.2, 0.25) is 0 Å². The Kier molecular flexibility index (Phi) is 6.54. The van der Waals surface area contributed by atoms with Crippen molar-refractivity contribution in [3.8, 4) is 28.4 Å². The summed E-state index contributed by atoms with van der Waals surface area (Å²) in [6.07, 6.45) is 0. The second-order valence-corrected chi connectivity index (χ2v) is 6.31. The molecule has 3 aromatic carbocycles. The number of phenolic OH excluding ortho intramolecular Hbond substituents is 1. The van der Waals surface area contributed by atoms with Crippen LogP contribution in [0.4, 0.5) is 5.69 Å². The summed E-state index contributed by atoms with van der Waals surface area (Å²) in [5, 5.41) is 12.0. The zero-order chi connectivity index (χ0) is 21.5. The number of nitrogens with one attached hydrogen (secondary N) is 1. The van der Waals surface area contributed by atoms with Gasteiger partial charge in [0.2, 0.25) is 0 Å². The van der Waals surface area contributed by atoms with Gasteiger partial charge in [0.1, 0.15) is 17.2 Å². The minimum Gasteiger partial charge on any atom is -0.508 e. The Balaban J connectivity index is 1.57. The molecule has 0 unspecified atom stereocenters. The number of anilines is 1. The van der Waals surface area contributed by atoms with Gasteiger partial charge >= 0.3 is 5.97 Å². The van der Waals surface area contributed by atoms with Gasteiger partial charge in [-0.05, 0) is 47.5 Å². The van der Waals surface area contributed by atoms with Crippen molar-refractivity contribution in [3.05, 3.63) is 72.3 Å². The third kappa shape index (κ3) is 5.08. The van der Waals surface area contributed by atoms with Crippen LogP contribution in [0, 0.1) is 0 Å². The molecule has 0 atom stereocenters. The van der Waals surface area contributed by atoms with Gasteiger partial charge in [-0.1, -0.05) is 24.3 Å². The highest BCUT2D eigenvalue weighted by Gasteiger charge is 2.13. The largest absolute Gasteiger partial charge is 0.508 e. The molecule has 1 amide bonds. The average Bonchev–Trinajstić information content (AvgIpc) is 2.78. The Morgan fingerprint density at radius 3 is 2.10 bits per heavy atom. The Bertz CT molecular complexity index is 1030. The van der Waals surface area contributed by atoms with Crippen LogP contribution in [0.3, 0.4) is 0 Å². The van der Waals surface area contributed by atoms with Crippen molar-refractivity contribution in [2.24, 2.45) is 0 Å². The molecule has 3 aromatic rings. The van der Waals surface area contributed by atoms with E-state index in [9.17, 15) is 14.7 Å². The summed E-state index contributed by atoms with van der Waals surface area (Å²) in [5.41, 5.74) is 2.56. The molecule has 0 bridgehead atoms. The molecule has 154 valence electrons. The molecule has 0 aliphatic rings. The molecule has 7 nitrogen and oxygen atoms in total. The number of phenols is 1. The van der Waals surface area contributed by atoms with Crippen molar-refractivity contribution in [2.75, 3.05) is 26.1 Å². The first-order chi connectivity index (χ1) is 14.5. The predicted octanol–water partition coefficient (Wildman–Crippen LogP) is 3.87. The van der Waals surface area contributed by atoms with Gasteiger partial charge in [0.15, 0.2) is 6.61 Å². The molecule has 3 rings (SSSR count). The Labute approximate surface area is 173 Å². The summed E-state index contributed by atoms with van der Waals surface area (Å²) in [5.74, 6) is 0.104. The summed E-state index contributed by atoms with van der Waals surface area (Å²) in [6, 6.07) is 18.5. The normalized spacial score (nSPS) is 10.2. The highest BCUT2D eigenvalue weighted by atomic mass is 16.5. The van der Waals surface area contributed by atoms with Crippen LogP contribution < -0.4 is 14.8 Å². The van der Waals surface area contributed by atoms with Crippen molar-refractivity contribution in [2.45, 2.75) is 0 Å². The molecule has 0 aromatic heterocycles. The van der Waals surface area contributed by atoms with Crippen LogP contribution in [0.5, 0.6) is 17.2 Å². The van der Waals surface area contributed by atoms with E-state index in [1.165, 1.54) is 14.2 Å². The van der Waals surface area contributed by atoms with Gasteiger partial charge in [-0.25, -0.2) is 4.79 Å².